The lowest BCUT2D eigenvalue weighted by Gasteiger charge is -2.45. The van der Waals surface area contributed by atoms with Crippen molar-refractivity contribution in [1.29, 1.82) is 0 Å². The van der Waals surface area contributed by atoms with Gasteiger partial charge in [0.05, 0.1) is 0 Å². The standard InChI is InChI=1S/C25H35ClN2O2/c1-16(2)22(27-23(29)19-7-6-17(3)14-19)24(30)28-13-12-21(25(4,5)15-28)18-8-10-20(26)11-9-18/h8-11,16,19,21-22H,3,6-7,12-15H2,1-2,4-5H3,(H,27,29). The number of amides is 2. The fraction of sp³-hybridized carbons (Fsp3) is 0.600. The first-order valence-corrected chi connectivity index (χ1v) is 11.5. The van der Waals surface area contributed by atoms with Gasteiger partial charge in [0, 0.05) is 24.0 Å². The molecular weight excluding hydrogens is 396 g/mol. The van der Waals surface area contributed by atoms with Gasteiger partial charge in [-0.15, -0.1) is 0 Å². The minimum atomic E-state index is -0.478. The number of hydrogen-bond acceptors (Lipinski definition) is 2. The first kappa shape index (κ1) is 22.9. The van der Waals surface area contributed by atoms with Gasteiger partial charge < -0.3 is 10.2 Å². The summed E-state index contributed by atoms with van der Waals surface area (Å²) < 4.78 is 0. The smallest absolute Gasteiger partial charge is 0.245 e. The predicted octanol–water partition coefficient (Wildman–Crippen LogP) is 5.18. The number of nitrogens with zero attached hydrogens (tertiary/aromatic N) is 1. The second kappa shape index (κ2) is 9.13. The molecule has 1 saturated heterocycles. The fourth-order valence-corrected chi connectivity index (χ4v) is 5.12. The van der Waals surface area contributed by atoms with E-state index >= 15 is 0 Å². The normalized spacial score (nSPS) is 24.7. The highest BCUT2D eigenvalue weighted by atomic mass is 35.5. The highest BCUT2D eigenvalue weighted by molar-refractivity contribution is 6.30. The van der Waals surface area contributed by atoms with Gasteiger partial charge in [-0.05, 0) is 60.6 Å². The molecule has 164 valence electrons. The van der Waals surface area contributed by atoms with Crippen LogP contribution in [-0.4, -0.2) is 35.8 Å². The minimum Gasteiger partial charge on any atom is -0.344 e. The largest absolute Gasteiger partial charge is 0.344 e. The maximum atomic E-state index is 13.4. The average molecular weight is 431 g/mol. The molecule has 0 spiro atoms. The highest BCUT2D eigenvalue weighted by Crippen LogP contribution is 2.42. The van der Waals surface area contributed by atoms with E-state index in [4.69, 9.17) is 11.6 Å². The third-order valence-electron chi connectivity index (χ3n) is 6.80. The summed E-state index contributed by atoms with van der Waals surface area (Å²) in [6.07, 6.45) is 3.39. The maximum absolute atomic E-state index is 13.4. The Hall–Kier alpha value is -1.81. The summed E-state index contributed by atoms with van der Waals surface area (Å²) in [4.78, 5) is 28.1. The lowest BCUT2D eigenvalue weighted by atomic mass is 9.70. The number of nitrogens with one attached hydrogen (secondary N) is 1. The van der Waals surface area contributed by atoms with Crippen molar-refractivity contribution in [3.05, 3.63) is 47.0 Å². The molecule has 30 heavy (non-hydrogen) atoms. The van der Waals surface area contributed by atoms with E-state index in [1.54, 1.807) is 0 Å². The van der Waals surface area contributed by atoms with Gasteiger partial charge in [-0.25, -0.2) is 0 Å². The van der Waals surface area contributed by atoms with Crippen LogP contribution in [0.3, 0.4) is 0 Å². The molecule has 2 fully saturated rings. The number of hydrogen-bond donors (Lipinski definition) is 1. The monoisotopic (exact) mass is 430 g/mol. The zero-order valence-corrected chi connectivity index (χ0v) is 19.5. The van der Waals surface area contributed by atoms with E-state index < -0.39 is 6.04 Å². The molecule has 0 radical (unpaired) electrons. The van der Waals surface area contributed by atoms with Gasteiger partial charge in [-0.3, -0.25) is 9.59 Å². The molecule has 2 aliphatic rings. The van der Waals surface area contributed by atoms with Crippen molar-refractivity contribution >= 4 is 23.4 Å². The maximum Gasteiger partial charge on any atom is 0.245 e. The zero-order chi connectivity index (χ0) is 22.1. The van der Waals surface area contributed by atoms with Gasteiger partial charge >= 0.3 is 0 Å². The molecule has 1 aromatic carbocycles. The Balaban J connectivity index is 1.68. The second-order valence-electron chi connectivity index (χ2n) is 10.1. The van der Waals surface area contributed by atoms with Crippen molar-refractivity contribution in [1.82, 2.24) is 10.2 Å². The molecular formula is C25H35ClN2O2. The van der Waals surface area contributed by atoms with Crippen LogP contribution in [0.1, 0.15) is 64.9 Å². The Kier molecular flexibility index (Phi) is 6.96. The first-order chi connectivity index (χ1) is 14.1. The Bertz CT molecular complexity index is 800. The number of carbonyl (C=O) groups is 2. The topological polar surface area (TPSA) is 49.4 Å². The summed E-state index contributed by atoms with van der Waals surface area (Å²) >= 11 is 6.06. The van der Waals surface area contributed by atoms with E-state index in [0.717, 1.165) is 36.3 Å². The van der Waals surface area contributed by atoms with Gasteiger partial charge in [0.1, 0.15) is 6.04 Å². The van der Waals surface area contributed by atoms with Crippen LogP contribution in [0.5, 0.6) is 0 Å². The van der Waals surface area contributed by atoms with Crippen LogP contribution in [0.2, 0.25) is 5.02 Å². The molecule has 4 nitrogen and oxygen atoms in total. The van der Waals surface area contributed by atoms with Gasteiger partial charge in [0.15, 0.2) is 0 Å². The van der Waals surface area contributed by atoms with Crippen molar-refractivity contribution in [2.45, 2.75) is 65.3 Å². The molecule has 3 unspecified atom stereocenters. The number of benzene rings is 1. The fourth-order valence-electron chi connectivity index (χ4n) is 4.99. The first-order valence-electron chi connectivity index (χ1n) is 11.1. The van der Waals surface area contributed by atoms with Crippen molar-refractivity contribution < 1.29 is 9.59 Å². The number of rotatable bonds is 5. The number of likely N-dealkylation sites (tertiary alicyclic amines) is 1. The average Bonchev–Trinajstić information content (AvgIpc) is 3.12. The summed E-state index contributed by atoms with van der Waals surface area (Å²) in [6, 6.07) is 7.59. The summed E-state index contributed by atoms with van der Waals surface area (Å²) in [6.45, 7) is 13.8. The van der Waals surface area contributed by atoms with Crippen molar-refractivity contribution in [2.75, 3.05) is 13.1 Å². The van der Waals surface area contributed by atoms with Crippen LogP contribution < -0.4 is 5.32 Å². The van der Waals surface area contributed by atoms with Gasteiger partial charge in [0.2, 0.25) is 11.8 Å². The molecule has 3 atom stereocenters. The van der Waals surface area contributed by atoms with Crippen LogP contribution in [0.15, 0.2) is 36.4 Å². The molecule has 1 N–H and O–H groups in total. The molecule has 1 aliphatic carbocycles. The van der Waals surface area contributed by atoms with Gasteiger partial charge in [-0.1, -0.05) is 63.6 Å². The lowest BCUT2D eigenvalue weighted by molar-refractivity contribution is -0.141. The molecule has 2 amide bonds. The van der Waals surface area contributed by atoms with Crippen LogP contribution in [-0.2, 0) is 9.59 Å². The van der Waals surface area contributed by atoms with E-state index in [2.05, 4.69) is 37.9 Å². The molecule has 0 aromatic heterocycles. The summed E-state index contributed by atoms with van der Waals surface area (Å²) in [5, 5.41) is 3.81. The van der Waals surface area contributed by atoms with Gasteiger partial charge in [0.25, 0.3) is 0 Å². The minimum absolute atomic E-state index is 0.00369. The second-order valence-corrected chi connectivity index (χ2v) is 10.5. The Morgan fingerprint density at radius 1 is 1.20 bits per heavy atom. The number of carbonyl (C=O) groups excluding carboxylic acids is 2. The quantitative estimate of drug-likeness (QED) is 0.654. The van der Waals surface area contributed by atoms with Crippen LogP contribution >= 0.6 is 11.6 Å². The molecule has 1 saturated carbocycles. The third-order valence-corrected chi connectivity index (χ3v) is 7.05. The van der Waals surface area contributed by atoms with Crippen LogP contribution in [0, 0.1) is 17.3 Å². The van der Waals surface area contributed by atoms with Crippen LogP contribution in [0.4, 0.5) is 0 Å². The van der Waals surface area contributed by atoms with E-state index in [0.29, 0.717) is 19.0 Å². The molecule has 3 rings (SSSR count). The van der Waals surface area contributed by atoms with E-state index in [-0.39, 0.29) is 29.1 Å². The van der Waals surface area contributed by atoms with Crippen molar-refractivity contribution in [2.24, 2.45) is 17.3 Å². The van der Waals surface area contributed by atoms with Crippen molar-refractivity contribution in [3.8, 4) is 0 Å². The Morgan fingerprint density at radius 2 is 1.87 bits per heavy atom. The summed E-state index contributed by atoms with van der Waals surface area (Å²) in [7, 11) is 0. The summed E-state index contributed by atoms with van der Waals surface area (Å²) in [5.74, 6) is 0.408. The molecule has 1 aliphatic heterocycles. The van der Waals surface area contributed by atoms with E-state index in [1.165, 1.54) is 5.56 Å². The van der Waals surface area contributed by atoms with E-state index in [9.17, 15) is 9.59 Å². The molecule has 5 heteroatoms. The van der Waals surface area contributed by atoms with E-state index in [1.807, 2.05) is 30.9 Å². The van der Waals surface area contributed by atoms with Gasteiger partial charge in [-0.2, -0.15) is 0 Å². The number of allylic oxidation sites excluding steroid dienone is 1. The summed E-state index contributed by atoms with van der Waals surface area (Å²) in [5.41, 5.74) is 2.34. The molecule has 1 aromatic rings. The molecule has 1 heterocycles. The highest BCUT2D eigenvalue weighted by Gasteiger charge is 2.41. The lowest BCUT2D eigenvalue weighted by Crippen LogP contribution is -2.56. The Morgan fingerprint density at radius 3 is 2.40 bits per heavy atom. The zero-order valence-electron chi connectivity index (χ0n) is 18.7. The van der Waals surface area contributed by atoms with Crippen LogP contribution in [0.25, 0.3) is 0 Å². The third kappa shape index (κ3) is 5.08. The van der Waals surface area contributed by atoms with Crippen molar-refractivity contribution in [3.63, 3.8) is 0 Å². The number of halogens is 1. The Labute approximate surface area is 186 Å². The number of piperidine rings is 1. The predicted molar refractivity (Wildman–Crippen MR) is 122 cm³/mol. The molecule has 0 bridgehead atoms. The SMILES string of the molecule is C=C1CCC(C(=O)NC(C(=O)N2CCC(c3ccc(Cl)cc3)C(C)(C)C2)C(C)C)C1.